The number of benzene rings is 2. The Bertz CT molecular complexity index is 1980. The van der Waals surface area contributed by atoms with E-state index in [2.05, 4.69) is 22.9 Å². The number of nitrogens with zero attached hydrogens (tertiary/aromatic N) is 2. The van der Waals surface area contributed by atoms with E-state index in [1.165, 1.54) is 11.3 Å². The van der Waals surface area contributed by atoms with Crippen LogP contribution < -0.4 is 20.7 Å². The minimum atomic E-state index is -1.30. The molecule has 3 aromatic rings. The molecule has 1 aliphatic heterocycles. The Labute approximate surface area is 377 Å². The maximum Gasteiger partial charge on any atom is 0.328 e. The summed E-state index contributed by atoms with van der Waals surface area (Å²) in [6.07, 6.45) is 4.61. The summed E-state index contributed by atoms with van der Waals surface area (Å²) < 4.78 is 11.3. The number of thiazole rings is 1. The zero-order valence-corrected chi connectivity index (χ0v) is 39.1. The number of ether oxygens (including phenoxy) is 2. The summed E-state index contributed by atoms with van der Waals surface area (Å²) >= 11 is 1.38. The summed E-state index contributed by atoms with van der Waals surface area (Å²) in [4.78, 5) is 74.7. The third kappa shape index (κ3) is 13.9. The second-order valence-corrected chi connectivity index (χ2v) is 19.2. The van der Waals surface area contributed by atoms with E-state index < -0.39 is 36.1 Å². The van der Waals surface area contributed by atoms with E-state index in [-0.39, 0.29) is 53.6 Å². The maximum absolute atomic E-state index is 14.6. The second kappa shape index (κ2) is 23.3. The van der Waals surface area contributed by atoms with Crippen LogP contribution >= 0.6 is 11.3 Å². The van der Waals surface area contributed by atoms with E-state index in [1.807, 2.05) is 62.1 Å². The highest BCUT2D eigenvalue weighted by Crippen LogP contribution is 2.39. The zero-order valence-electron chi connectivity index (χ0n) is 38.3. The summed E-state index contributed by atoms with van der Waals surface area (Å²) in [5.41, 5.74) is 1.82. The Morgan fingerprint density at radius 1 is 0.873 bits per heavy atom. The predicted molar refractivity (Wildman–Crippen MR) is 244 cm³/mol. The van der Waals surface area contributed by atoms with Crippen LogP contribution in [0.5, 0.6) is 5.75 Å². The minimum absolute atomic E-state index is 0.0311. The van der Waals surface area contributed by atoms with E-state index >= 15 is 0 Å². The van der Waals surface area contributed by atoms with Crippen LogP contribution in [0.25, 0.3) is 0 Å². The van der Waals surface area contributed by atoms with Gasteiger partial charge in [0.1, 0.15) is 34.6 Å². The van der Waals surface area contributed by atoms with Gasteiger partial charge in [0.05, 0.1) is 24.3 Å². The Hall–Kier alpha value is -4.66. The molecule has 1 unspecified atom stereocenters. The molecule has 3 amide bonds. The van der Waals surface area contributed by atoms with E-state index in [0.717, 1.165) is 44.1 Å². The van der Waals surface area contributed by atoms with Crippen LogP contribution in [0.3, 0.4) is 0 Å². The number of carbonyl (C=O) groups excluding carboxylic acids is 5. The molecule has 2 aromatic carbocycles. The highest BCUT2D eigenvalue weighted by atomic mass is 32.1. The number of aromatic nitrogens is 1. The lowest BCUT2D eigenvalue weighted by atomic mass is 9.74. The maximum atomic E-state index is 14.6. The van der Waals surface area contributed by atoms with Crippen LogP contribution in [0.2, 0.25) is 0 Å². The van der Waals surface area contributed by atoms with Crippen LogP contribution in [0.4, 0.5) is 0 Å². The Morgan fingerprint density at radius 3 is 2.25 bits per heavy atom. The molecule has 5 rings (SSSR count). The van der Waals surface area contributed by atoms with Crippen LogP contribution in [-0.2, 0) is 30.3 Å². The summed E-state index contributed by atoms with van der Waals surface area (Å²) in [5.74, 6) is -1.17. The van der Waals surface area contributed by atoms with Crippen molar-refractivity contribution in [3.8, 4) is 5.75 Å². The van der Waals surface area contributed by atoms with E-state index in [9.17, 15) is 29.1 Å². The molecule has 0 bridgehead atoms. The molecule has 1 aliphatic carbocycles. The SMILES string of the molecule is CN[C@@H](C)C(=O)N[C@H](C(=O)N1CCC[C@H]1c1nc(C(=O)c2cccc(OC(C)C)c2)cs1)C1CCC(CC(C)C[C@H](NC(=O)[C@@H](O)[C@H](C)Cc2ccccc2)C(=O)OC(C)C)CC1. The van der Waals surface area contributed by atoms with Gasteiger partial charge in [0.25, 0.3) is 0 Å². The third-order valence-electron chi connectivity index (χ3n) is 12.3. The molecule has 63 heavy (non-hydrogen) atoms. The van der Waals surface area contributed by atoms with Gasteiger partial charge in [0.15, 0.2) is 0 Å². The summed E-state index contributed by atoms with van der Waals surface area (Å²) in [7, 11) is 1.71. The first-order valence-electron chi connectivity index (χ1n) is 22.8. The Kier molecular flexibility index (Phi) is 18.3. The molecule has 0 radical (unpaired) electrons. The van der Waals surface area contributed by atoms with Crippen molar-refractivity contribution < 1.29 is 38.6 Å². The zero-order chi connectivity index (χ0) is 45.8. The number of rotatable bonds is 21. The number of likely N-dealkylation sites (tertiary alicyclic amines) is 1. The van der Waals surface area contributed by atoms with Gasteiger partial charge < -0.3 is 35.4 Å². The summed E-state index contributed by atoms with van der Waals surface area (Å²) in [6, 6.07) is 14.3. The number of hydrogen-bond donors (Lipinski definition) is 4. The van der Waals surface area contributed by atoms with Crippen molar-refractivity contribution in [3.05, 3.63) is 81.8 Å². The number of nitrogens with one attached hydrogen (secondary N) is 3. The van der Waals surface area contributed by atoms with Gasteiger partial charge in [0.2, 0.25) is 23.5 Å². The Morgan fingerprint density at radius 2 is 1.59 bits per heavy atom. The van der Waals surface area contributed by atoms with Gasteiger partial charge in [-0.15, -0.1) is 11.3 Å². The molecule has 1 saturated carbocycles. The van der Waals surface area contributed by atoms with E-state index in [1.54, 1.807) is 51.4 Å². The van der Waals surface area contributed by atoms with Gasteiger partial charge in [-0.25, -0.2) is 9.78 Å². The van der Waals surface area contributed by atoms with Gasteiger partial charge >= 0.3 is 5.97 Å². The van der Waals surface area contributed by atoms with Gasteiger partial charge in [-0.05, 0) is 128 Å². The predicted octanol–water partition coefficient (Wildman–Crippen LogP) is 6.82. The lowest BCUT2D eigenvalue weighted by Crippen LogP contribution is -2.55. The van der Waals surface area contributed by atoms with Crippen molar-refractivity contribution in [2.45, 2.75) is 149 Å². The molecule has 2 aliphatic rings. The van der Waals surface area contributed by atoms with Gasteiger partial charge in [-0.3, -0.25) is 19.2 Å². The molecule has 13 nitrogen and oxygen atoms in total. The number of esters is 1. The number of aliphatic hydroxyl groups is 1. The van der Waals surface area contributed by atoms with Crippen molar-refractivity contribution in [1.82, 2.24) is 25.8 Å². The fourth-order valence-electron chi connectivity index (χ4n) is 8.90. The molecule has 1 saturated heterocycles. The smallest absolute Gasteiger partial charge is 0.328 e. The highest BCUT2D eigenvalue weighted by molar-refractivity contribution is 7.10. The molecule has 1 aromatic heterocycles. The normalized spacial score (nSPS) is 20.6. The van der Waals surface area contributed by atoms with Crippen molar-refractivity contribution in [3.63, 3.8) is 0 Å². The van der Waals surface area contributed by atoms with E-state index in [4.69, 9.17) is 14.5 Å². The Balaban J connectivity index is 1.22. The minimum Gasteiger partial charge on any atom is -0.491 e. The largest absolute Gasteiger partial charge is 0.491 e. The molecular weight excluding hydrogens is 819 g/mol. The van der Waals surface area contributed by atoms with Crippen LogP contribution in [0, 0.1) is 23.7 Å². The van der Waals surface area contributed by atoms with Crippen LogP contribution in [-0.4, -0.2) is 94.5 Å². The quantitative estimate of drug-likeness (QED) is 0.0657. The van der Waals surface area contributed by atoms with Crippen molar-refractivity contribution in [1.29, 1.82) is 0 Å². The van der Waals surface area contributed by atoms with Crippen LogP contribution in [0.15, 0.2) is 60.0 Å². The summed E-state index contributed by atoms with van der Waals surface area (Å²) in [6.45, 7) is 13.6. The third-order valence-corrected chi connectivity index (χ3v) is 13.3. The molecular formula is C49H69N5O8S. The monoisotopic (exact) mass is 887 g/mol. The molecule has 14 heteroatoms. The lowest BCUT2D eigenvalue weighted by molar-refractivity contribution is -0.153. The number of likely N-dealkylation sites (N-methyl/N-ethyl adjacent to an activating group) is 1. The first-order chi connectivity index (χ1) is 30.0. The first-order valence-corrected chi connectivity index (χ1v) is 23.7. The topological polar surface area (TPSA) is 176 Å². The fraction of sp³-hybridized carbons (Fsp3) is 0.592. The lowest BCUT2D eigenvalue weighted by Gasteiger charge is -2.37. The molecule has 344 valence electrons. The highest BCUT2D eigenvalue weighted by Gasteiger charge is 2.41. The first kappa shape index (κ1) is 49.4. The molecule has 2 fully saturated rings. The molecule has 0 spiro atoms. The van der Waals surface area contributed by atoms with Gasteiger partial charge in [0, 0.05) is 17.5 Å². The van der Waals surface area contributed by atoms with E-state index in [0.29, 0.717) is 53.7 Å². The number of hydrogen-bond acceptors (Lipinski definition) is 11. The second-order valence-electron chi connectivity index (χ2n) is 18.3. The van der Waals surface area contributed by atoms with Crippen molar-refractivity contribution in [2.75, 3.05) is 13.6 Å². The summed E-state index contributed by atoms with van der Waals surface area (Å²) in [5, 5.41) is 22.3. The molecule has 2 heterocycles. The number of aliphatic hydroxyl groups excluding tert-OH is 1. The van der Waals surface area contributed by atoms with Crippen molar-refractivity contribution >= 4 is 40.8 Å². The molecule has 4 N–H and O–H groups in total. The van der Waals surface area contributed by atoms with Crippen molar-refractivity contribution in [2.24, 2.45) is 23.7 Å². The molecule has 7 atom stereocenters. The fourth-order valence-corrected chi connectivity index (χ4v) is 9.84. The average molecular weight is 888 g/mol. The number of ketones is 1. The number of amides is 3. The van der Waals surface area contributed by atoms with Gasteiger partial charge in [-0.1, -0.05) is 69.2 Å². The van der Waals surface area contributed by atoms with Gasteiger partial charge in [-0.2, -0.15) is 0 Å². The standard InChI is InChI=1S/C49H69N5O8S/c1-29(2)61-38-17-12-16-37(27-38)44(56)40-28-63-47(52-40)41-18-13-23-54(41)48(59)42(53-45(57)33(7)50-8)36-21-19-35(20-22-36)24-31(5)25-39(49(60)62-30(3)4)51-46(58)43(55)32(6)26-34-14-10-9-11-15-34/h9-12,14-17,27-33,35-36,39,41-43,50,55H,13,18-26H2,1-8H3,(H,51,58)(H,53,57)/t31?,32-,33+,35?,36?,39+,41+,42+,43+/m1/s1. The number of carbonyl (C=O) groups is 5. The average Bonchev–Trinajstić information content (AvgIpc) is 3.95. The van der Waals surface area contributed by atoms with Crippen LogP contribution in [0.1, 0.15) is 132 Å².